The number of furan rings is 2. The van der Waals surface area contributed by atoms with Gasteiger partial charge in [0.2, 0.25) is 5.78 Å². The van der Waals surface area contributed by atoms with E-state index in [0.717, 1.165) is 11.3 Å². The van der Waals surface area contributed by atoms with E-state index in [1.54, 1.807) is 19.1 Å². The fraction of sp³-hybridized carbons (Fsp3) is 0.250. The minimum absolute atomic E-state index is 0.119. The SMILES string of the molecule is Cc1cc(C(=O)c2occc2C)c(C)o1. The summed E-state index contributed by atoms with van der Waals surface area (Å²) in [5, 5.41) is 0. The van der Waals surface area contributed by atoms with Gasteiger partial charge >= 0.3 is 0 Å². The van der Waals surface area contributed by atoms with E-state index in [2.05, 4.69) is 0 Å². The van der Waals surface area contributed by atoms with E-state index in [1.807, 2.05) is 13.8 Å². The molecule has 0 saturated carbocycles. The number of hydrogen-bond donors (Lipinski definition) is 0. The Hall–Kier alpha value is -1.77. The molecular weight excluding hydrogens is 192 g/mol. The molecule has 2 heterocycles. The van der Waals surface area contributed by atoms with Crippen molar-refractivity contribution in [3.8, 4) is 0 Å². The first-order valence-corrected chi connectivity index (χ1v) is 4.75. The molecule has 0 radical (unpaired) electrons. The molecule has 3 heteroatoms. The molecule has 15 heavy (non-hydrogen) atoms. The molecule has 0 bridgehead atoms. The van der Waals surface area contributed by atoms with Crippen LogP contribution in [0.5, 0.6) is 0 Å². The minimum Gasteiger partial charge on any atom is -0.466 e. The lowest BCUT2D eigenvalue weighted by Gasteiger charge is -1.95. The lowest BCUT2D eigenvalue weighted by Crippen LogP contribution is -2.01. The van der Waals surface area contributed by atoms with Crippen LogP contribution in [-0.2, 0) is 0 Å². The summed E-state index contributed by atoms with van der Waals surface area (Å²) < 4.78 is 10.5. The summed E-state index contributed by atoms with van der Waals surface area (Å²) in [4.78, 5) is 12.0. The van der Waals surface area contributed by atoms with Crippen LogP contribution in [0.4, 0.5) is 0 Å². The molecule has 78 valence electrons. The molecular formula is C12H12O3. The Labute approximate surface area is 87.7 Å². The summed E-state index contributed by atoms with van der Waals surface area (Å²) in [7, 11) is 0. The van der Waals surface area contributed by atoms with Gasteiger partial charge in [-0.05, 0) is 38.5 Å². The van der Waals surface area contributed by atoms with Crippen LogP contribution in [-0.4, -0.2) is 5.78 Å². The molecule has 2 rings (SSSR count). The lowest BCUT2D eigenvalue weighted by molar-refractivity contribution is 0.101. The maximum absolute atomic E-state index is 12.0. The summed E-state index contributed by atoms with van der Waals surface area (Å²) in [5.41, 5.74) is 1.42. The monoisotopic (exact) mass is 204 g/mol. The molecule has 2 aromatic rings. The van der Waals surface area contributed by atoms with Crippen molar-refractivity contribution >= 4 is 5.78 Å². The fourth-order valence-electron chi connectivity index (χ4n) is 1.58. The van der Waals surface area contributed by atoms with Crippen LogP contribution in [0.3, 0.4) is 0 Å². The zero-order valence-electron chi connectivity index (χ0n) is 8.96. The van der Waals surface area contributed by atoms with E-state index in [-0.39, 0.29) is 5.78 Å². The summed E-state index contributed by atoms with van der Waals surface area (Å²) in [6, 6.07) is 3.51. The quantitative estimate of drug-likeness (QED) is 0.706. The van der Waals surface area contributed by atoms with Crippen molar-refractivity contribution in [1.82, 2.24) is 0 Å². The molecule has 0 atom stereocenters. The van der Waals surface area contributed by atoms with Gasteiger partial charge in [0.25, 0.3) is 0 Å². The van der Waals surface area contributed by atoms with Crippen molar-refractivity contribution in [3.63, 3.8) is 0 Å². The van der Waals surface area contributed by atoms with Gasteiger partial charge in [0.05, 0.1) is 11.8 Å². The largest absolute Gasteiger partial charge is 0.466 e. The zero-order valence-corrected chi connectivity index (χ0v) is 8.96. The van der Waals surface area contributed by atoms with Gasteiger partial charge in [0.1, 0.15) is 11.5 Å². The maximum Gasteiger partial charge on any atom is 0.231 e. The van der Waals surface area contributed by atoms with Crippen LogP contribution in [0.2, 0.25) is 0 Å². The molecule has 0 aliphatic heterocycles. The average molecular weight is 204 g/mol. The smallest absolute Gasteiger partial charge is 0.231 e. The van der Waals surface area contributed by atoms with Gasteiger partial charge in [-0.25, -0.2) is 0 Å². The molecule has 0 aliphatic rings. The lowest BCUT2D eigenvalue weighted by atomic mass is 10.1. The first-order chi connectivity index (χ1) is 7.09. The third-order valence-corrected chi connectivity index (χ3v) is 2.35. The summed E-state index contributed by atoms with van der Waals surface area (Å²) in [5.74, 6) is 1.64. The molecule has 3 nitrogen and oxygen atoms in total. The third-order valence-electron chi connectivity index (χ3n) is 2.35. The van der Waals surface area contributed by atoms with Crippen molar-refractivity contribution in [2.75, 3.05) is 0 Å². The molecule has 0 aromatic carbocycles. The molecule has 0 aliphatic carbocycles. The van der Waals surface area contributed by atoms with Gasteiger partial charge in [0.15, 0.2) is 5.76 Å². The Morgan fingerprint density at radius 1 is 1.27 bits per heavy atom. The van der Waals surface area contributed by atoms with Crippen LogP contribution in [0.25, 0.3) is 0 Å². The summed E-state index contributed by atoms with van der Waals surface area (Å²) in [6.45, 7) is 5.44. The van der Waals surface area contributed by atoms with E-state index in [4.69, 9.17) is 8.83 Å². The Morgan fingerprint density at radius 2 is 2.00 bits per heavy atom. The predicted octanol–water partition coefficient (Wildman–Crippen LogP) is 3.03. The van der Waals surface area contributed by atoms with Crippen molar-refractivity contribution in [1.29, 1.82) is 0 Å². The second kappa shape index (κ2) is 3.42. The standard InChI is InChI=1S/C12H12O3/c1-7-4-5-14-12(7)11(13)10-6-8(2)15-9(10)3/h4-6H,1-3H3. The first kappa shape index (κ1) is 9.77. The van der Waals surface area contributed by atoms with Gasteiger partial charge in [-0.1, -0.05) is 0 Å². The first-order valence-electron chi connectivity index (χ1n) is 4.75. The molecule has 2 aromatic heterocycles. The molecule has 0 unspecified atom stereocenters. The number of rotatable bonds is 2. The fourth-order valence-corrected chi connectivity index (χ4v) is 1.58. The van der Waals surface area contributed by atoms with Crippen molar-refractivity contribution in [3.05, 3.63) is 46.8 Å². The third kappa shape index (κ3) is 1.61. The van der Waals surface area contributed by atoms with Crippen molar-refractivity contribution in [2.24, 2.45) is 0 Å². The van der Waals surface area contributed by atoms with Crippen LogP contribution >= 0.6 is 0 Å². The zero-order chi connectivity index (χ0) is 11.0. The Morgan fingerprint density at radius 3 is 2.47 bits per heavy atom. The van der Waals surface area contributed by atoms with Crippen LogP contribution in [0, 0.1) is 20.8 Å². The topological polar surface area (TPSA) is 43.4 Å². The van der Waals surface area contributed by atoms with Crippen molar-refractivity contribution in [2.45, 2.75) is 20.8 Å². The number of hydrogen-bond acceptors (Lipinski definition) is 3. The van der Waals surface area contributed by atoms with Gasteiger partial charge < -0.3 is 8.83 Å². The molecule has 0 amide bonds. The van der Waals surface area contributed by atoms with Crippen LogP contribution in [0.1, 0.15) is 33.2 Å². The van der Waals surface area contributed by atoms with E-state index >= 15 is 0 Å². The van der Waals surface area contributed by atoms with Gasteiger partial charge in [-0.3, -0.25) is 4.79 Å². The van der Waals surface area contributed by atoms with Crippen molar-refractivity contribution < 1.29 is 13.6 Å². The second-order valence-corrected chi connectivity index (χ2v) is 3.59. The Bertz CT molecular complexity index is 503. The number of carbonyl (C=O) groups excluding carboxylic acids is 1. The highest BCUT2D eigenvalue weighted by Gasteiger charge is 2.19. The van der Waals surface area contributed by atoms with Gasteiger partial charge in [-0.15, -0.1) is 0 Å². The predicted molar refractivity (Wildman–Crippen MR) is 55.1 cm³/mol. The summed E-state index contributed by atoms with van der Waals surface area (Å²) in [6.07, 6.45) is 1.52. The van der Waals surface area contributed by atoms with Gasteiger partial charge in [-0.2, -0.15) is 0 Å². The van der Waals surface area contributed by atoms with E-state index in [9.17, 15) is 4.79 Å². The van der Waals surface area contributed by atoms with Crippen LogP contribution in [0.15, 0.2) is 27.2 Å². The number of ketones is 1. The van der Waals surface area contributed by atoms with E-state index in [1.165, 1.54) is 6.26 Å². The summed E-state index contributed by atoms with van der Waals surface area (Å²) >= 11 is 0. The van der Waals surface area contributed by atoms with E-state index < -0.39 is 0 Å². The highest BCUT2D eigenvalue weighted by Crippen LogP contribution is 2.20. The molecule has 0 fully saturated rings. The van der Waals surface area contributed by atoms with E-state index in [0.29, 0.717) is 17.1 Å². The number of carbonyl (C=O) groups is 1. The second-order valence-electron chi connectivity index (χ2n) is 3.59. The normalized spacial score (nSPS) is 10.6. The molecule has 0 N–H and O–H groups in total. The number of aryl methyl sites for hydroxylation is 3. The molecule has 0 saturated heterocycles. The van der Waals surface area contributed by atoms with Gasteiger partial charge in [0, 0.05) is 0 Å². The highest BCUT2D eigenvalue weighted by atomic mass is 16.3. The molecule has 0 spiro atoms. The average Bonchev–Trinajstić information content (AvgIpc) is 2.71. The Balaban J connectivity index is 2.45. The Kier molecular flexibility index (Phi) is 2.23. The van der Waals surface area contributed by atoms with Crippen LogP contribution < -0.4 is 0 Å². The minimum atomic E-state index is -0.119. The maximum atomic E-state index is 12.0. The highest BCUT2D eigenvalue weighted by molar-refractivity contribution is 6.08.